The lowest BCUT2D eigenvalue weighted by atomic mass is 10.1. The van der Waals surface area contributed by atoms with Gasteiger partial charge < -0.3 is 15.2 Å². The van der Waals surface area contributed by atoms with Crippen LogP contribution in [0.3, 0.4) is 0 Å². The van der Waals surface area contributed by atoms with Crippen LogP contribution in [0.15, 0.2) is 18.2 Å². The van der Waals surface area contributed by atoms with Gasteiger partial charge in [-0.15, -0.1) is 0 Å². The van der Waals surface area contributed by atoms with Gasteiger partial charge in [0.25, 0.3) is 5.91 Å². The summed E-state index contributed by atoms with van der Waals surface area (Å²) in [7, 11) is 1.32. The Morgan fingerprint density at radius 3 is 2.65 bits per heavy atom. The molecule has 0 aromatic heterocycles. The van der Waals surface area contributed by atoms with Crippen molar-refractivity contribution < 1.29 is 23.8 Å². The van der Waals surface area contributed by atoms with Crippen molar-refractivity contribution in [2.75, 3.05) is 7.11 Å². The molecule has 1 aromatic rings. The van der Waals surface area contributed by atoms with Gasteiger partial charge >= 0.3 is 5.97 Å². The third-order valence-corrected chi connectivity index (χ3v) is 2.86. The van der Waals surface area contributed by atoms with Gasteiger partial charge in [-0.25, -0.2) is 9.18 Å². The normalized spacial score (nSPS) is 11.8. The number of benzene rings is 1. The molecule has 2 N–H and O–H groups in total. The monoisotopic (exact) mass is 283 g/mol. The van der Waals surface area contributed by atoms with Crippen LogP contribution in [-0.2, 0) is 4.79 Å². The number of nitrogens with one attached hydrogen (secondary N) is 1. The van der Waals surface area contributed by atoms with Crippen molar-refractivity contribution in [2.45, 2.75) is 32.2 Å². The Morgan fingerprint density at radius 2 is 2.15 bits per heavy atom. The van der Waals surface area contributed by atoms with Gasteiger partial charge in [0, 0.05) is 5.56 Å². The van der Waals surface area contributed by atoms with E-state index in [1.807, 2.05) is 6.92 Å². The fourth-order valence-corrected chi connectivity index (χ4v) is 1.71. The van der Waals surface area contributed by atoms with Crippen molar-refractivity contribution >= 4 is 11.9 Å². The zero-order valence-corrected chi connectivity index (χ0v) is 11.5. The van der Waals surface area contributed by atoms with Gasteiger partial charge in [-0.2, -0.15) is 0 Å². The molecule has 1 atom stereocenters. The van der Waals surface area contributed by atoms with Gasteiger partial charge in [-0.3, -0.25) is 4.79 Å². The molecular formula is C14H18FNO4. The number of hydrogen-bond acceptors (Lipinski definition) is 3. The van der Waals surface area contributed by atoms with Crippen LogP contribution in [0.4, 0.5) is 4.39 Å². The Kier molecular flexibility index (Phi) is 5.96. The Morgan fingerprint density at radius 1 is 1.45 bits per heavy atom. The number of methoxy groups -OCH3 is 1. The highest BCUT2D eigenvalue weighted by Gasteiger charge is 2.20. The number of hydrogen-bond donors (Lipinski definition) is 2. The predicted octanol–water partition coefficient (Wildman–Crippen LogP) is 2.21. The number of halogens is 1. The van der Waals surface area contributed by atoms with Crippen LogP contribution in [0.5, 0.6) is 5.75 Å². The maximum atomic E-state index is 13.5. The van der Waals surface area contributed by atoms with E-state index in [4.69, 9.17) is 9.84 Å². The Labute approximate surface area is 116 Å². The second-order valence-corrected chi connectivity index (χ2v) is 4.36. The average Bonchev–Trinajstić information content (AvgIpc) is 2.42. The topological polar surface area (TPSA) is 75.6 Å². The fourth-order valence-electron chi connectivity index (χ4n) is 1.71. The Bertz CT molecular complexity index is 490. The second kappa shape index (κ2) is 7.47. The smallest absolute Gasteiger partial charge is 0.326 e. The number of carbonyl (C=O) groups excluding carboxylic acids is 1. The molecule has 1 rings (SSSR count). The van der Waals surface area contributed by atoms with Crippen LogP contribution in [0, 0.1) is 5.82 Å². The van der Waals surface area contributed by atoms with E-state index in [0.717, 1.165) is 12.5 Å². The molecule has 1 amide bonds. The largest absolute Gasteiger partial charge is 0.494 e. The van der Waals surface area contributed by atoms with Gasteiger partial charge in [-0.1, -0.05) is 19.8 Å². The van der Waals surface area contributed by atoms with Crippen LogP contribution < -0.4 is 10.1 Å². The van der Waals surface area contributed by atoms with Crippen LogP contribution in [0.2, 0.25) is 0 Å². The van der Waals surface area contributed by atoms with Crippen LogP contribution >= 0.6 is 0 Å². The third kappa shape index (κ3) is 4.22. The van der Waals surface area contributed by atoms with Gasteiger partial charge in [0.15, 0.2) is 11.6 Å². The van der Waals surface area contributed by atoms with Crippen molar-refractivity contribution in [1.29, 1.82) is 0 Å². The lowest BCUT2D eigenvalue weighted by Crippen LogP contribution is -2.40. The molecule has 1 aromatic carbocycles. The van der Waals surface area contributed by atoms with Crippen molar-refractivity contribution in [3.8, 4) is 5.75 Å². The summed E-state index contributed by atoms with van der Waals surface area (Å²) >= 11 is 0. The summed E-state index contributed by atoms with van der Waals surface area (Å²) < 4.78 is 18.2. The first-order valence-corrected chi connectivity index (χ1v) is 6.36. The molecule has 0 bridgehead atoms. The number of amides is 1. The molecule has 0 radical (unpaired) electrons. The summed E-state index contributed by atoms with van der Waals surface area (Å²) in [6.45, 7) is 1.93. The molecule has 0 saturated heterocycles. The highest BCUT2D eigenvalue weighted by Crippen LogP contribution is 2.17. The number of unbranched alkanes of at least 4 members (excludes halogenated alkanes) is 1. The lowest BCUT2D eigenvalue weighted by Gasteiger charge is -2.14. The van der Waals surface area contributed by atoms with Gasteiger partial charge in [-0.05, 0) is 24.6 Å². The van der Waals surface area contributed by atoms with E-state index in [2.05, 4.69) is 5.32 Å². The third-order valence-electron chi connectivity index (χ3n) is 2.86. The van der Waals surface area contributed by atoms with Gasteiger partial charge in [0.2, 0.25) is 0 Å². The summed E-state index contributed by atoms with van der Waals surface area (Å²) in [6.07, 6.45) is 1.86. The zero-order chi connectivity index (χ0) is 15.1. The average molecular weight is 283 g/mol. The molecule has 0 fully saturated rings. The lowest BCUT2D eigenvalue weighted by molar-refractivity contribution is -0.139. The van der Waals surface area contributed by atoms with Crippen molar-refractivity contribution in [3.63, 3.8) is 0 Å². The Hall–Kier alpha value is -2.11. The summed E-state index contributed by atoms with van der Waals surface area (Å²) in [5.74, 6) is -2.35. The van der Waals surface area contributed by atoms with E-state index < -0.39 is 23.7 Å². The van der Waals surface area contributed by atoms with Crippen LogP contribution in [-0.4, -0.2) is 30.1 Å². The maximum absolute atomic E-state index is 13.5. The molecule has 0 spiro atoms. The SMILES string of the molecule is CCCC[C@H](NC(=O)c1ccc(OC)c(F)c1)C(=O)O. The van der Waals surface area contributed by atoms with E-state index in [9.17, 15) is 14.0 Å². The van der Waals surface area contributed by atoms with Crippen molar-refractivity contribution in [3.05, 3.63) is 29.6 Å². The molecule has 5 nitrogen and oxygen atoms in total. The predicted molar refractivity (Wildman–Crippen MR) is 71.4 cm³/mol. The highest BCUT2D eigenvalue weighted by molar-refractivity contribution is 5.96. The fraction of sp³-hybridized carbons (Fsp3) is 0.429. The summed E-state index contributed by atoms with van der Waals surface area (Å²) in [5, 5.41) is 11.4. The summed E-state index contributed by atoms with van der Waals surface area (Å²) in [6, 6.07) is 2.77. The minimum atomic E-state index is -1.10. The second-order valence-electron chi connectivity index (χ2n) is 4.36. The molecular weight excluding hydrogens is 265 g/mol. The van der Waals surface area contributed by atoms with E-state index in [1.165, 1.54) is 19.2 Å². The number of carbonyl (C=O) groups is 2. The van der Waals surface area contributed by atoms with Crippen LogP contribution in [0.1, 0.15) is 36.5 Å². The molecule has 0 saturated carbocycles. The number of aliphatic carboxylic acids is 1. The number of rotatable bonds is 7. The minimum Gasteiger partial charge on any atom is -0.494 e. The summed E-state index contributed by atoms with van der Waals surface area (Å²) in [5.41, 5.74) is 0.0612. The van der Waals surface area contributed by atoms with E-state index >= 15 is 0 Å². The summed E-state index contributed by atoms with van der Waals surface area (Å²) in [4.78, 5) is 22.9. The molecule has 20 heavy (non-hydrogen) atoms. The molecule has 0 aliphatic heterocycles. The molecule has 6 heteroatoms. The van der Waals surface area contributed by atoms with Crippen molar-refractivity contribution in [2.24, 2.45) is 0 Å². The minimum absolute atomic E-state index is 0.0299. The number of carboxylic acid groups (broad SMARTS) is 1. The first kappa shape index (κ1) is 15.9. The van der Waals surface area contributed by atoms with Gasteiger partial charge in [0.1, 0.15) is 6.04 Å². The van der Waals surface area contributed by atoms with E-state index in [-0.39, 0.29) is 11.3 Å². The molecule has 0 aliphatic rings. The molecule has 0 heterocycles. The zero-order valence-electron chi connectivity index (χ0n) is 11.5. The number of carboxylic acids is 1. The standard InChI is InChI=1S/C14H18FNO4/c1-3-4-5-11(14(18)19)16-13(17)9-6-7-12(20-2)10(15)8-9/h6-8,11H,3-5H2,1-2H3,(H,16,17)(H,18,19)/t11-/m0/s1. The maximum Gasteiger partial charge on any atom is 0.326 e. The molecule has 0 unspecified atom stereocenters. The van der Waals surface area contributed by atoms with Crippen LogP contribution in [0.25, 0.3) is 0 Å². The highest BCUT2D eigenvalue weighted by atomic mass is 19.1. The molecule has 0 aliphatic carbocycles. The Balaban J connectivity index is 2.78. The van der Waals surface area contributed by atoms with Crippen molar-refractivity contribution in [1.82, 2.24) is 5.32 Å². The first-order chi connectivity index (χ1) is 9.49. The quantitative estimate of drug-likeness (QED) is 0.804. The molecule has 110 valence electrons. The number of ether oxygens (including phenoxy) is 1. The first-order valence-electron chi connectivity index (χ1n) is 6.36. The van der Waals surface area contributed by atoms with E-state index in [0.29, 0.717) is 12.8 Å². The van der Waals surface area contributed by atoms with Gasteiger partial charge in [0.05, 0.1) is 7.11 Å². The van der Waals surface area contributed by atoms with E-state index in [1.54, 1.807) is 0 Å².